The Morgan fingerprint density at radius 2 is 2.00 bits per heavy atom. The lowest BCUT2D eigenvalue weighted by molar-refractivity contribution is -0.00545. The lowest BCUT2D eigenvalue weighted by atomic mass is 9.77. The molecule has 1 N–H and O–H groups in total. The molecule has 158 valence electrons. The van der Waals surface area contributed by atoms with Crippen LogP contribution in [0.4, 0.5) is 8.78 Å². The molecule has 0 radical (unpaired) electrons. The summed E-state index contributed by atoms with van der Waals surface area (Å²) in [4.78, 5) is 2.46. The first kappa shape index (κ1) is 19.3. The molecular formula is C21H24F2N6O. The van der Waals surface area contributed by atoms with E-state index in [1.807, 2.05) is 6.07 Å². The highest BCUT2D eigenvalue weighted by atomic mass is 19.1. The zero-order valence-electron chi connectivity index (χ0n) is 16.7. The highest BCUT2D eigenvalue weighted by Gasteiger charge is 2.43. The molecule has 0 bridgehead atoms. The standard InChI is InChI=1S/C21H24F2N6O/c1-30-21-7-14-10-28(11-16-4-5-24-25-16)9-13(14)6-20(21)29-12-19(26-27-29)17-3-2-15(22)8-18(17)23/h2-5,8,12-14,20-21H,6-7,9-11H2,1H3,(H,24,25)/t13-,14+,20-,21-/m1/s1. The predicted molar refractivity (Wildman–Crippen MR) is 105 cm³/mol. The number of ether oxygens (including phenoxy) is 1. The van der Waals surface area contributed by atoms with Crippen LogP contribution in [0.3, 0.4) is 0 Å². The van der Waals surface area contributed by atoms with E-state index in [9.17, 15) is 8.78 Å². The van der Waals surface area contributed by atoms with Gasteiger partial charge in [-0.1, -0.05) is 5.21 Å². The number of nitrogens with zero attached hydrogens (tertiary/aromatic N) is 5. The molecule has 2 aromatic heterocycles. The number of aromatic nitrogens is 5. The van der Waals surface area contributed by atoms with Gasteiger partial charge in [0.05, 0.1) is 18.3 Å². The number of hydrogen-bond acceptors (Lipinski definition) is 5. The van der Waals surface area contributed by atoms with Gasteiger partial charge in [-0.2, -0.15) is 5.10 Å². The van der Waals surface area contributed by atoms with Crippen LogP contribution < -0.4 is 0 Å². The first-order valence-electron chi connectivity index (χ1n) is 10.2. The highest BCUT2D eigenvalue weighted by molar-refractivity contribution is 5.58. The van der Waals surface area contributed by atoms with Crippen molar-refractivity contribution < 1.29 is 13.5 Å². The zero-order chi connectivity index (χ0) is 20.7. The number of benzene rings is 1. The second-order valence-corrected chi connectivity index (χ2v) is 8.32. The number of rotatable bonds is 5. The number of fused-ring (bicyclic) bond motifs is 1. The second-order valence-electron chi connectivity index (χ2n) is 8.32. The molecule has 2 fully saturated rings. The number of aromatic amines is 1. The fourth-order valence-electron chi connectivity index (χ4n) is 5.02. The van der Waals surface area contributed by atoms with E-state index < -0.39 is 11.6 Å². The van der Waals surface area contributed by atoms with Gasteiger partial charge in [0.1, 0.15) is 17.3 Å². The third kappa shape index (κ3) is 3.63. The summed E-state index contributed by atoms with van der Waals surface area (Å²) in [5.41, 5.74) is 1.77. The zero-order valence-corrected chi connectivity index (χ0v) is 16.7. The van der Waals surface area contributed by atoms with Gasteiger partial charge in [0.25, 0.3) is 0 Å². The van der Waals surface area contributed by atoms with Crippen LogP contribution in [-0.2, 0) is 11.3 Å². The molecule has 2 aliphatic rings. The van der Waals surface area contributed by atoms with E-state index in [1.165, 1.54) is 12.1 Å². The van der Waals surface area contributed by atoms with Gasteiger partial charge >= 0.3 is 0 Å². The largest absolute Gasteiger partial charge is 0.379 e. The molecule has 0 unspecified atom stereocenters. The monoisotopic (exact) mass is 414 g/mol. The summed E-state index contributed by atoms with van der Waals surface area (Å²) in [7, 11) is 1.73. The number of halogens is 2. The number of H-pyrrole nitrogens is 1. The van der Waals surface area contributed by atoms with Gasteiger partial charge in [-0.05, 0) is 42.9 Å². The molecule has 1 aliphatic carbocycles. The maximum absolute atomic E-state index is 14.2. The predicted octanol–water partition coefficient (Wildman–Crippen LogP) is 3.04. The third-order valence-corrected chi connectivity index (χ3v) is 6.47. The summed E-state index contributed by atoms with van der Waals surface area (Å²) in [5, 5.41) is 15.5. The van der Waals surface area contributed by atoms with Gasteiger partial charge in [0.2, 0.25) is 0 Å². The van der Waals surface area contributed by atoms with E-state index in [-0.39, 0.29) is 17.7 Å². The Bertz CT molecular complexity index is 1010. The van der Waals surface area contributed by atoms with Crippen LogP contribution in [0.1, 0.15) is 24.6 Å². The van der Waals surface area contributed by atoms with E-state index in [4.69, 9.17) is 4.74 Å². The topological polar surface area (TPSA) is 71.9 Å². The molecule has 3 heterocycles. The third-order valence-electron chi connectivity index (χ3n) is 6.47. The van der Waals surface area contributed by atoms with Gasteiger partial charge in [-0.15, -0.1) is 5.10 Å². The van der Waals surface area contributed by atoms with Crippen LogP contribution in [0, 0.1) is 23.5 Å². The molecule has 1 saturated carbocycles. The van der Waals surface area contributed by atoms with Crippen LogP contribution in [-0.4, -0.2) is 56.4 Å². The summed E-state index contributed by atoms with van der Waals surface area (Å²) in [6.45, 7) is 2.93. The fourth-order valence-corrected chi connectivity index (χ4v) is 5.02. The minimum atomic E-state index is -0.640. The van der Waals surface area contributed by atoms with Crippen molar-refractivity contribution in [2.24, 2.45) is 11.8 Å². The first-order valence-corrected chi connectivity index (χ1v) is 10.2. The van der Waals surface area contributed by atoms with Gasteiger partial charge in [-0.3, -0.25) is 10.00 Å². The summed E-state index contributed by atoms with van der Waals surface area (Å²) in [5.74, 6) is -0.132. The normalized spacial score (nSPS) is 26.8. The quantitative estimate of drug-likeness (QED) is 0.695. The van der Waals surface area contributed by atoms with Gasteiger partial charge in [-0.25, -0.2) is 13.5 Å². The number of likely N-dealkylation sites (tertiary alicyclic amines) is 1. The fraction of sp³-hybridized carbons (Fsp3) is 0.476. The van der Waals surface area contributed by atoms with Crippen LogP contribution in [0.2, 0.25) is 0 Å². The van der Waals surface area contributed by atoms with Crippen molar-refractivity contribution in [1.29, 1.82) is 0 Å². The Hall–Kier alpha value is -2.65. The summed E-state index contributed by atoms with van der Waals surface area (Å²) in [6, 6.07) is 5.54. The van der Waals surface area contributed by atoms with E-state index >= 15 is 0 Å². The van der Waals surface area contributed by atoms with Crippen molar-refractivity contribution in [2.75, 3.05) is 20.2 Å². The number of hydrogen-bond donors (Lipinski definition) is 1. The summed E-state index contributed by atoms with van der Waals surface area (Å²) >= 11 is 0. The molecule has 9 heteroatoms. The van der Waals surface area contributed by atoms with Crippen molar-refractivity contribution >= 4 is 0 Å². The maximum atomic E-state index is 14.2. The maximum Gasteiger partial charge on any atom is 0.135 e. The lowest BCUT2D eigenvalue weighted by Crippen LogP contribution is -2.37. The SMILES string of the molecule is CO[C@@H]1C[C@H]2CN(Cc3ccn[nH]3)C[C@H]2C[C@H]1n1cc(-c2ccc(F)cc2F)nn1. The number of nitrogens with one attached hydrogen (secondary N) is 1. The Morgan fingerprint density at radius 3 is 2.73 bits per heavy atom. The van der Waals surface area contributed by atoms with Crippen LogP contribution in [0.15, 0.2) is 36.7 Å². The van der Waals surface area contributed by atoms with Crippen molar-refractivity contribution in [3.8, 4) is 11.3 Å². The molecule has 30 heavy (non-hydrogen) atoms. The highest BCUT2D eigenvalue weighted by Crippen LogP contribution is 2.42. The smallest absolute Gasteiger partial charge is 0.135 e. The number of methoxy groups -OCH3 is 1. The molecular weight excluding hydrogens is 390 g/mol. The summed E-state index contributed by atoms with van der Waals surface area (Å²) in [6.07, 6.45) is 5.42. The molecule has 1 aromatic carbocycles. The Kier molecular flexibility index (Phi) is 5.08. The molecule has 3 aromatic rings. The molecule has 1 aliphatic heterocycles. The van der Waals surface area contributed by atoms with Crippen molar-refractivity contribution in [2.45, 2.75) is 31.5 Å². The molecule has 7 nitrogen and oxygen atoms in total. The minimum absolute atomic E-state index is 0.0194. The molecule has 0 spiro atoms. The Morgan fingerprint density at radius 1 is 1.17 bits per heavy atom. The van der Waals surface area contributed by atoms with Crippen molar-refractivity contribution in [1.82, 2.24) is 30.1 Å². The van der Waals surface area contributed by atoms with Gasteiger partial charge in [0, 0.05) is 50.3 Å². The van der Waals surface area contributed by atoms with Gasteiger partial charge < -0.3 is 4.74 Å². The van der Waals surface area contributed by atoms with Crippen molar-refractivity contribution in [3.05, 3.63) is 54.0 Å². The van der Waals surface area contributed by atoms with Gasteiger partial charge in [0.15, 0.2) is 0 Å². The summed E-state index contributed by atoms with van der Waals surface area (Å²) < 4.78 is 35.0. The second kappa shape index (κ2) is 7.88. The average molecular weight is 414 g/mol. The molecule has 0 amide bonds. The molecule has 4 atom stereocenters. The van der Waals surface area contributed by atoms with Crippen LogP contribution >= 0.6 is 0 Å². The van der Waals surface area contributed by atoms with E-state index in [2.05, 4.69) is 25.4 Å². The van der Waals surface area contributed by atoms with Crippen LogP contribution in [0.5, 0.6) is 0 Å². The van der Waals surface area contributed by atoms with E-state index in [0.717, 1.165) is 44.2 Å². The average Bonchev–Trinajstić information content (AvgIpc) is 3.47. The molecule has 5 rings (SSSR count). The van der Waals surface area contributed by atoms with Crippen molar-refractivity contribution in [3.63, 3.8) is 0 Å². The van der Waals surface area contributed by atoms with E-state index in [1.54, 1.807) is 24.2 Å². The van der Waals surface area contributed by atoms with Crippen LogP contribution in [0.25, 0.3) is 11.3 Å². The lowest BCUT2D eigenvalue weighted by Gasteiger charge is -2.37. The minimum Gasteiger partial charge on any atom is -0.379 e. The first-order chi connectivity index (χ1) is 14.6. The Balaban J connectivity index is 1.33. The van der Waals surface area contributed by atoms with E-state index in [0.29, 0.717) is 17.5 Å². The molecule has 1 saturated heterocycles. The Labute approximate surface area is 173 Å².